The number of hydrogen-bond donors (Lipinski definition) is 1. The van der Waals surface area contributed by atoms with Gasteiger partial charge >= 0.3 is 0 Å². The molecule has 3 heteroatoms. The highest BCUT2D eigenvalue weighted by Crippen LogP contribution is 2.36. The molecule has 98 valence electrons. The van der Waals surface area contributed by atoms with Gasteiger partial charge in [0.25, 0.3) is 0 Å². The number of anilines is 1. The SMILES string of the molecule is Cc1cc(F)ccc1NCC1Cc2ccccc2S1. The van der Waals surface area contributed by atoms with E-state index >= 15 is 0 Å². The second-order valence-corrected chi connectivity index (χ2v) is 6.23. The van der Waals surface area contributed by atoms with Crippen molar-refractivity contribution in [2.75, 3.05) is 11.9 Å². The molecular formula is C16H16FNS. The van der Waals surface area contributed by atoms with Gasteiger partial charge in [-0.15, -0.1) is 11.8 Å². The highest BCUT2D eigenvalue weighted by Gasteiger charge is 2.21. The molecule has 1 aliphatic heterocycles. The molecule has 0 amide bonds. The molecular weight excluding hydrogens is 257 g/mol. The normalized spacial score (nSPS) is 17.3. The molecule has 0 saturated carbocycles. The molecule has 1 nitrogen and oxygen atoms in total. The summed E-state index contributed by atoms with van der Waals surface area (Å²) in [4.78, 5) is 1.39. The summed E-state index contributed by atoms with van der Waals surface area (Å²) in [5.41, 5.74) is 3.42. The van der Waals surface area contributed by atoms with Crippen molar-refractivity contribution < 1.29 is 4.39 Å². The van der Waals surface area contributed by atoms with Gasteiger partial charge in [0.05, 0.1) is 0 Å². The number of nitrogens with one attached hydrogen (secondary N) is 1. The van der Waals surface area contributed by atoms with Crippen molar-refractivity contribution in [2.24, 2.45) is 0 Å². The van der Waals surface area contributed by atoms with E-state index in [0.717, 1.165) is 24.2 Å². The Morgan fingerprint density at radius 3 is 2.89 bits per heavy atom. The molecule has 0 spiro atoms. The first-order valence-corrected chi connectivity index (χ1v) is 7.35. The number of thioether (sulfide) groups is 1. The van der Waals surface area contributed by atoms with Crippen LogP contribution in [0.1, 0.15) is 11.1 Å². The van der Waals surface area contributed by atoms with E-state index in [9.17, 15) is 4.39 Å². The van der Waals surface area contributed by atoms with Gasteiger partial charge in [0.2, 0.25) is 0 Å². The van der Waals surface area contributed by atoms with Crippen LogP contribution in [0.3, 0.4) is 0 Å². The van der Waals surface area contributed by atoms with Crippen LogP contribution in [0.4, 0.5) is 10.1 Å². The van der Waals surface area contributed by atoms with E-state index in [0.29, 0.717) is 5.25 Å². The first kappa shape index (κ1) is 12.5. The number of fused-ring (bicyclic) bond motifs is 1. The number of halogens is 1. The Bertz CT molecular complexity index is 572. The minimum Gasteiger partial charge on any atom is -0.384 e. The van der Waals surface area contributed by atoms with E-state index < -0.39 is 0 Å². The Morgan fingerprint density at radius 2 is 2.11 bits per heavy atom. The van der Waals surface area contributed by atoms with Gasteiger partial charge in [0.1, 0.15) is 5.82 Å². The summed E-state index contributed by atoms with van der Waals surface area (Å²) in [7, 11) is 0. The van der Waals surface area contributed by atoms with Crippen LogP contribution in [0, 0.1) is 12.7 Å². The molecule has 0 fully saturated rings. The van der Waals surface area contributed by atoms with Crippen molar-refractivity contribution in [3.8, 4) is 0 Å². The van der Waals surface area contributed by atoms with E-state index in [1.54, 1.807) is 6.07 Å². The fraction of sp³-hybridized carbons (Fsp3) is 0.250. The number of rotatable bonds is 3. The Hall–Kier alpha value is -1.48. The number of hydrogen-bond acceptors (Lipinski definition) is 2. The van der Waals surface area contributed by atoms with Crippen LogP contribution in [-0.4, -0.2) is 11.8 Å². The largest absolute Gasteiger partial charge is 0.384 e. The second kappa shape index (κ2) is 5.25. The van der Waals surface area contributed by atoms with Crippen LogP contribution < -0.4 is 5.32 Å². The number of benzene rings is 2. The van der Waals surface area contributed by atoms with Gasteiger partial charge in [-0.05, 0) is 48.7 Å². The lowest BCUT2D eigenvalue weighted by atomic mass is 10.1. The van der Waals surface area contributed by atoms with Gasteiger partial charge in [-0.2, -0.15) is 0 Å². The highest BCUT2D eigenvalue weighted by atomic mass is 32.2. The Morgan fingerprint density at radius 1 is 1.26 bits per heavy atom. The third-order valence-corrected chi connectivity index (χ3v) is 4.74. The van der Waals surface area contributed by atoms with Gasteiger partial charge < -0.3 is 5.32 Å². The zero-order chi connectivity index (χ0) is 13.2. The fourth-order valence-electron chi connectivity index (χ4n) is 2.42. The summed E-state index contributed by atoms with van der Waals surface area (Å²) in [5, 5.41) is 3.99. The maximum atomic E-state index is 13.0. The lowest BCUT2D eigenvalue weighted by Gasteiger charge is -2.13. The maximum Gasteiger partial charge on any atom is 0.123 e. The standard InChI is InChI=1S/C16H16FNS/c1-11-8-13(17)6-7-15(11)18-10-14-9-12-4-2-3-5-16(12)19-14/h2-8,14,18H,9-10H2,1H3. The lowest BCUT2D eigenvalue weighted by molar-refractivity contribution is 0.627. The van der Waals surface area contributed by atoms with Crippen LogP contribution in [0.5, 0.6) is 0 Å². The molecule has 2 aromatic rings. The molecule has 0 aromatic heterocycles. The van der Waals surface area contributed by atoms with Gasteiger partial charge in [-0.3, -0.25) is 0 Å². The zero-order valence-corrected chi connectivity index (χ0v) is 11.6. The summed E-state index contributed by atoms with van der Waals surface area (Å²) < 4.78 is 13.0. The van der Waals surface area contributed by atoms with Gasteiger partial charge in [-0.25, -0.2) is 4.39 Å². The lowest BCUT2D eigenvalue weighted by Crippen LogP contribution is -2.16. The minimum absolute atomic E-state index is 0.175. The summed E-state index contributed by atoms with van der Waals surface area (Å²) in [6.07, 6.45) is 1.11. The van der Waals surface area contributed by atoms with Crippen LogP contribution in [0.2, 0.25) is 0 Å². The van der Waals surface area contributed by atoms with E-state index in [-0.39, 0.29) is 5.82 Å². The van der Waals surface area contributed by atoms with Crippen LogP contribution >= 0.6 is 11.8 Å². The van der Waals surface area contributed by atoms with E-state index in [2.05, 4.69) is 29.6 Å². The highest BCUT2D eigenvalue weighted by molar-refractivity contribution is 8.00. The molecule has 3 rings (SSSR count). The molecule has 1 aliphatic rings. The second-order valence-electron chi connectivity index (χ2n) is 4.89. The molecule has 1 atom stereocenters. The third kappa shape index (κ3) is 2.76. The first-order chi connectivity index (χ1) is 9.22. The molecule has 0 saturated heterocycles. The Balaban J connectivity index is 1.63. The van der Waals surface area contributed by atoms with Crippen LogP contribution in [-0.2, 0) is 6.42 Å². The van der Waals surface area contributed by atoms with E-state index in [4.69, 9.17) is 0 Å². The average molecular weight is 273 g/mol. The number of aryl methyl sites for hydroxylation is 1. The smallest absolute Gasteiger partial charge is 0.123 e. The van der Waals surface area contributed by atoms with Crippen molar-refractivity contribution in [3.05, 3.63) is 59.4 Å². The molecule has 2 aromatic carbocycles. The first-order valence-electron chi connectivity index (χ1n) is 6.47. The fourth-order valence-corrected chi connectivity index (χ4v) is 3.67. The van der Waals surface area contributed by atoms with Crippen molar-refractivity contribution in [1.29, 1.82) is 0 Å². The Labute approximate surface area is 117 Å². The quantitative estimate of drug-likeness (QED) is 0.896. The molecule has 0 bridgehead atoms. The predicted molar refractivity (Wildman–Crippen MR) is 79.4 cm³/mol. The molecule has 0 aliphatic carbocycles. The van der Waals surface area contributed by atoms with Crippen molar-refractivity contribution in [2.45, 2.75) is 23.5 Å². The maximum absolute atomic E-state index is 13.0. The molecule has 19 heavy (non-hydrogen) atoms. The summed E-state index contributed by atoms with van der Waals surface area (Å²) >= 11 is 1.93. The zero-order valence-electron chi connectivity index (χ0n) is 10.8. The Kier molecular flexibility index (Phi) is 3.47. The summed E-state index contributed by atoms with van der Waals surface area (Å²) in [6, 6.07) is 13.5. The average Bonchev–Trinajstić information content (AvgIpc) is 2.80. The van der Waals surface area contributed by atoms with Crippen LogP contribution in [0.15, 0.2) is 47.4 Å². The van der Waals surface area contributed by atoms with Crippen molar-refractivity contribution >= 4 is 17.4 Å². The molecule has 1 N–H and O–H groups in total. The van der Waals surface area contributed by atoms with Crippen molar-refractivity contribution in [1.82, 2.24) is 0 Å². The monoisotopic (exact) mass is 273 g/mol. The third-order valence-electron chi connectivity index (χ3n) is 3.42. The van der Waals surface area contributed by atoms with Crippen LogP contribution in [0.25, 0.3) is 0 Å². The molecule has 1 unspecified atom stereocenters. The van der Waals surface area contributed by atoms with Crippen molar-refractivity contribution in [3.63, 3.8) is 0 Å². The minimum atomic E-state index is -0.175. The van der Waals surface area contributed by atoms with E-state index in [1.165, 1.54) is 16.5 Å². The topological polar surface area (TPSA) is 12.0 Å². The van der Waals surface area contributed by atoms with Gasteiger partial charge in [-0.1, -0.05) is 18.2 Å². The molecule has 1 heterocycles. The van der Waals surface area contributed by atoms with E-state index in [1.807, 2.05) is 24.8 Å². The summed E-state index contributed by atoms with van der Waals surface area (Å²) in [5.74, 6) is -0.175. The van der Waals surface area contributed by atoms with Gasteiger partial charge in [0, 0.05) is 22.4 Å². The summed E-state index contributed by atoms with van der Waals surface area (Å²) in [6.45, 7) is 2.84. The molecule has 0 radical (unpaired) electrons. The predicted octanol–water partition coefficient (Wildman–Crippen LogP) is 4.26. The van der Waals surface area contributed by atoms with Gasteiger partial charge in [0.15, 0.2) is 0 Å².